The highest BCUT2D eigenvalue weighted by Crippen LogP contribution is 2.48. The van der Waals surface area contributed by atoms with Crippen LogP contribution < -0.4 is 5.32 Å². The van der Waals surface area contributed by atoms with E-state index < -0.39 is 17.4 Å². The van der Waals surface area contributed by atoms with Crippen molar-refractivity contribution in [3.63, 3.8) is 0 Å². The molecular weight excluding hydrogens is 338 g/mol. The fraction of sp³-hybridized carbons (Fsp3) is 0.333. The third kappa shape index (κ3) is 2.80. The molecule has 2 unspecified atom stereocenters. The van der Waals surface area contributed by atoms with Gasteiger partial charge in [-0.3, -0.25) is 5.32 Å². The van der Waals surface area contributed by atoms with E-state index in [1.165, 1.54) is 6.20 Å². The van der Waals surface area contributed by atoms with Crippen LogP contribution in [0.1, 0.15) is 43.1 Å². The number of fused-ring (bicyclic) bond motifs is 3. The van der Waals surface area contributed by atoms with E-state index in [2.05, 4.69) is 22.7 Å². The first-order valence-electron chi connectivity index (χ1n) is 8.09. The van der Waals surface area contributed by atoms with Gasteiger partial charge in [0.1, 0.15) is 6.20 Å². The summed E-state index contributed by atoms with van der Waals surface area (Å²) in [5.74, 6) is -0.450. The van der Waals surface area contributed by atoms with E-state index in [4.69, 9.17) is 5.41 Å². The van der Waals surface area contributed by atoms with Gasteiger partial charge in [-0.25, -0.2) is 9.50 Å². The van der Waals surface area contributed by atoms with E-state index in [9.17, 15) is 14.0 Å². The average Bonchev–Trinajstić information content (AvgIpc) is 3.13. The molecule has 3 N–H and O–H groups in total. The molecule has 0 fully saturated rings. The topological polar surface area (TPSA) is 94.4 Å². The maximum Gasteiger partial charge on any atom is 0.388 e. The average molecular weight is 357 g/mol. The number of quaternary nitrogens is 1. The first-order chi connectivity index (χ1) is 12.2. The summed E-state index contributed by atoms with van der Waals surface area (Å²) in [6, 6.07) is 1.02. The van der Waals surface area contributed by atoms with Crippen molar-refractivity contribution in [1.82, 2.24) is 14.6 Å². The normalized spacial score (nSPS) is 22.9. The van der Waals surface area contributed by atoms with Crippen LogP contribution in [-0.4, -0.2) is 26.9 Å². The van der Waals surface area contributed by atoms with Gasteiger partial charge >= 0.3 is 6.05 Å². The number of nitriles is 1. The van der Waals surface area contributed by atoms with Crippen molar-refractivity contribution < 1.29 is 14.1 Å². The molecule has 2 aromatic heterocycles. The summed E-state index contributed by atoms with van der Waals surface area (Å²) in [4.78, 5) is 4.35. The summed E-state index contributed by atoms with van der Waals surface area (Å²) in [6.07, 6.45) is 5.93. The highest BCUT2D eigenvalue weighted by molar-refractivity contribution is 5.80. The van der Waals surface area contributed by atoms with Gasteiger partial charge in [-0.15, -0.1) is 8.78 Å². The second-order valence-corrected chi connectivity index (χ2v) is 6.71. The molecule has 0 bridgehead atoms. The zero-order valence-corrected chi connectivity index (χ0v) is 14.5. The fourth-order valence-electron chi connectivity index (χ4n) is 3.48. The monoisotopic (exact) mass is 357 g/mol. The van der Waals surface area contributed by atoms with E-state index >= 15 is 0 Å². The van der Waals surface area contributed by atoms with Crippen LogP contribution in [0.2, 0.25) is 0 Å². The standard InChI is InChI=1S/C18H18F2N6/c1-4-13-5-15-23-10-14-11(7-21)6-17(2,16(14)26(15)25-13)12(8-22)9-24-18(3,19)20/h4-5,8-11,22,24H,1,6H2,2-3H3/p+1/b12-9+,22-8?. The second-order valence-electron chi connectivity index (χ2n) is 6.71. The molecule has 8 heteroatoms. The van der Waals surface area contributed by atoms with E-state index in [-0.39, 0.29) is 0 Å². The molecule has 3 rings (SSSR count). The molecule has 0 spiro atoms. The Morgan fingerprint density at radius 2 is 2.35 bits per heavy atom. The van der Waals surface area contributed by atoms with E-state index in [1.807, 2.05) is 6.92 Å². The van der Waals surface area contributed by atoms with Crippen molar-refractivity contribution in [3.05, 3.63) is 47.6 Å². The minimum absolute atomic E-state index is 0.368. The predicted molar refractivity (Wildman–Crippen MR) is 92.8 cm³/mol. The van der Waals surface area contributed by atoms with Gasteiger partial charge in [-0.05, 0) is 19.4 Å². The molecular formula is C18H19F2N6+. The van der Waals surface area contributed by atoms with Gasteiger partial charge in [-0.1, -0.05) is 6.58 Å². The van der Waals surface area contributed by atoms with Crippen LogP contribution in [0, 0.1) is 16.7 Å². The third-order valence-corrected chi connectivity index (χ3v) is 4.75. The number of aromatic nitrogens is 3. The molecule has 6 nitrogen and oxygen atoms in total. The summed E-state index contributed by atoms with van der Waals surface area (Å²) in [6.45, 7) is 6.34. The van der Waals surface area contributed by atoms with Crippen LogP contribution in [0.25, 0.3) is 11.7 Å². The van der Waals surface area contributed by atoms with Crippen LogP contribution >= 0.6 is 0 Å². The number of alkyl halides is 2. The molecule has 1 aliphatic carbocycles. The smallest absolute Gasteiger partial charge is 0.308 e. The molecule has 0 amide bonds. The zero-order chi connectivity index (χ0) is 19.1. The molecule has 0 radical (unpaired) electrons. The Bertz CT molecular complexity index is 962. The second kappa shape index (κ2) is 6.11. The fourth-order valence-corrected chi connectivity index (χ4v) is 3.48. The van der Waals surface area contributed by atoms with Crippen molar-refractivity contribution >= 4 is 17.9 Å². The molecule has 26 heavy (non-hydrogen) atoms. The van der Waals surface area contributed by atoms with E-state index in [1.54, 1.807) is 22.9 Å². The third-order valence-electron chi connectivity index (χ3n) is 4.75. The number of rotatable bonds is 5. The van der Waals surface area contributed by atoms with Crippen molar-refractivity contribution in [3.8, 4) is 6.07 Å². The van der Waals surface area contributed by atoms with Gasteiger partial charge in [0.2, 0.25) is 0 Å². The SMILES string of the molecule is C=Cc1cc2ncc3c(n2n1)C(C)(/C(C=N)=C/[NH2+]C(C)(F)F)CC3C#N. The first kappa shape index (κ1) is 17.9. The Kier molecular flexibility index (Phi) is 4.20. The number of hydrogen-bond donors (Lipinski definition) is 2. The zero-order valence-electron chi connectivity index (χ0n) is 14.5. The Labute approximate surface area is 149 Å². The summed E-state index contributed by atoms with van der Waals surface area (Å²) >= 11 is 0. The number of nitrogens with one attached hydrogen (secondary N) is 1. The molecule has 0 saturated heterocycles. The van der Waals surface area contributed by atoms with Crippen molar-refractivity contribution in [2.45, 2.75) is 37.6 Å². The lowest BCUT2D eigenvalue weighted by Gasteiger charge is -2.26. The Balaban J connectivity index is 2.25. The van der Waals surface area contributed by atoms with E-state index in [0.717, 1.165) is 18.5 Å². The van der Waals surface area contributed by atoms with Crippen LogP contribution in [0.3, 0.4) is 0 Å². The molecule has 134 valence electrons. The molecule has 2 aromatic rings. The number of nitrogens with zero attached hydrogens (tertiary/aromatic N) is 4. The Morgan fingerprint density at radius 1 is 1.62 bits per heavy atom. The van der Waals surface area contributed by atoms with E-state index in [0.29, 0.717) is 34.6 Å². The lowest BCUT2D eigenvalue weighted by Crippen LogP contribution is -2.88. The van der Waals surface area contributed by atoms with Gasteiger partial charge in [0.05, 0.1) is 30.3 Å². The lowest BCUT2D eigenvalue weighted by atomic mass is 9.79. The van der Waals surface area contributed by atoms with Crippen molar-refractivity contribution in [2.24, 2.45) is 0 Å². The molecule has 0 aliphatic heterocycles. The number of nitrogens with two attached hydrogens (primary N) is 1. The van der Waals surface area contributed by atoms with Crippen molar-refractivity contribution in [1.29, 1.82) is 10.7 Å². The number of hydrogen-bond acceptors (Lipinski definition) is 4. The van der Waals surface area contributed by atoms with Crippen molar-refractivity contribution in [2.75, 3.05) is 0 Å². The maximum atomic E-state index is 13.3. The predicted octanol–water partition coefficient (Wildman–Crippen LogP) is 2.35. The highest BCUT2D eigenvalue weighted by atomic mass is 19.3. The first-order valence-corrected chi connectivity index (χ1v) is 8.09. The Hall–Kier alpha value is -2.92. The molecule has 0 aromatic carbocycles. The molecule has 2 atom stereocenters. The summed E-state index contributed by atoms with van der Waals surface area (Å²) in [5.41, 5.74) is 2.19. The molecule has 0 saturated carbocycles. The largest absolute Gasteiger partial charge is 0.388 e. The molecule has 2 heterocycles. The van der Waals surface area contributed by atoms with Gasteiger partial charge < -0.3 is 5.41 Å². The van der Waals surface area contributed by atoms with Gasteiger partial charge in [-0.2, -0.15) is 10.4 Å². The van der Waals surface area contributed by atoms with Gasteiger partial charge in [0, 0.05) is 35.0 Å². The Morgan fingerprint density at radius 3 is 2.92 bits per heavy atom. The summed E-state index contributed by atoms with van der Waals surface area (Å²) in [7, 11) is 0. The van der Waals surface area contributed by atoms with Gasteiger partial charge in [0.15, 0.2) is 5.65 Å². The highest BCUT2D eigenvalue weighted by Gasteiger charge is 2.46. The minimum atomic E-state index is -2.99. The number of halogens is 2. The van der Waals surface area contributed by atoms with Crippen LogP contribution in [0.15, 0.2) is 30.6 Å². The summed E-state index contributed by atoms with van der Waals surface area (Å²) in [5, 5.41) is 22.6. The van der Waals surface area contributed by atoms with Gasteiger partial charge in [0.25, 0.3) is 0 Å². The summed E-state index contributed by atoms with van der Waals surface area (Å²) < 4.78 is 28.2. The van der Waals surface area contributed by atoms with Crippen LogP contribution in [-0.2, 0) is 5.41 Å². The maximum absolute atomic E-state index is 13.3. The van der Waals surface area contributed by atoms with Crippen LogP contribution in [0.5, 0.6) is 0 Å². The quantitative estimate of drug-likeness (QED) is 0.635. The lowest BCUT2D eigenvalue weighted by molar-refractivity contribution is -0.728. The van der Waals surface area contributed by atoms with Crippen LogP contribution in [0.4, 0.5) is 8.78 Å². The minimum Gasteiger partial charge on any atom is -0.308 e. The number of allylic oxidation sites excluding steroid dienone is 1. The molecule has 1 aliphatic rings.